The number of nitriles is 1. The van der Waals surface area contributed by atoms with Crippen LogP contribution in [0.15, 0.2) is 18.3 Å². The van der Waals surface area contributed by atoms with Gasteiger partial charge in [-0.05, 0) is 19.1 Å². The zero-order chi connectivity index (χ0) is 16.7. The molecule has 1 amide bonds. The first-order valence-corrected chi connectivity index (χ1v) is 7.74. The second kappa shape index (κ2) is 8.46. The van der Waals surface area contributed by atoms with E-state index in [1.165, 1.54) is 0 Å². The molecule has 1 atom stereocenters. The summed E-state index contributed by atoms with van der Waals surface area (Å²) in [4.78, 5) is 20.5. The second-order valence-corrected chi connectivity index (χ2v) is 5.70. The molecule has 0 radical (unpaired) electrons. The number of rotatable bonds is 6. The number of pyridine rings is 1. The first-order valence-electron chi connectivity index (χ1n) is 7.74. The summed E-state index contributed by atoms with van der Waals surface area (Å²) in [5, 5.41) is 11.9. The van der Waals surface area contributed by atoms with Gasteiger partial charge in [0, 0.05) is 45.5 Å². The van der Waals surface area contributed by atoms with E-state index in [4.69, 9.17) is 10.00 Å². The molecule has 1 aliphatic heterocycles. The van der Waals surface area contributed by atoms with Crippen LogP contribution in [0.25, 0.3) is 0 Å². The minimum Gasteiger partial charge on any atom is -0.383 e. The highest BCUT2D eigenvalue weighted by atomic mass is 16.5. The molecule has 1 aliphatic rings. The Morgan fingerprint density at radius 3 is 2.87 bits per heavy atom. The number of methoxy groups -OCH3 is 1. The SMILES string of the molecule is COC[C@@H](C)NC(=O)CN1CCN(c2cc(C#N)ccn2)CC1. The maximum atomic E-state index is 12.0. The van der Waals surface area contributed by atoms with Gasteiger partial charge in [-0.2, -0.15) is 5.26 Å². The Morgan fingerprint density at radius 2 is 2.22 bits per heavy atom. The van der Waals surface area contributed by atoms with Crippen LogP contribution in [0, 0.1) is 11.3 Å². The van der Waals surface area contributed by atoms with Crippen LogP contribution in [0.1, 0.15) is 12.5 Å². The first kappa shape index (κ1) is 17.2. The molecule has 1 saturated heterocycles. The van der Waals surface area contributed by atoms with E-state index in [1.807, 2.05) is 6.92 Å². The van der Waals surface area contributed by atoms with Crippen molar-refractivity contribution in [2.45, 2.75) is 13.0 Å². The van der Waals surface area contributed by atoms with Crippen molar-refractivity contribution in [1.82, 2.24) is 15.2 Å². The molecule has 0 bridgehead atoms. The molecular weight excluding hydrogens is 294 g/mol. The van der Waals surface area contributed by atoms with Gasteiger partial charge in [-0.15, -0.1) is 0 Å². The highest BCUT2D eigenvalue weighted by Crippen LogP contribution is 2.14. The highest BCUT2D eigenvalue weighted by molar-refractivity contribution is 5.78. The summed E-state index contributed by atoms with van der Waals surface area (Å²) in [5.74, 6) is 0.842. The quantitative estimate of drug-likeness (QED) is 0.809. The molecule has 124 valence electrons. The number of hydrogen-bond donors (Lipinski definition) is 1. The lowest BCUT2D eigenvalue weighted by Crippen LogP contribution is -2.50. The second-order valence-electron chi connectivity index (χ2n) is 5.70. The van der Waals surface area contributed by atoms with Gasteiger partial charge < -0.3 is 15.0 Å². The third-order valence-corrected chi connectivity index (χ3v) is 3.76. The van der Waals surface area contributed by atoms with Crippen LogP contribution in [-0.2, 0) is 9.53 Å². The maximum absolute atomic E-state index is 12.0. The fourth-order valence-corrected chi connectivity index (χ4v) is 2.61. The zero-order valence-corrected chi connectivity index (χ0v) is 13.7. The first-order chi connectivity index (χ1) is 11.1. The molecule has 1 aromatic rings. The molecule has 0 unspecified atom stereocenters. The normalized spacial score (nSPS) is 16.7. The van der Waals surface area contributed by atoms with Crippen molar-refractivity contribution in [2.75, 3.05) is 51.3 Å². The van der Waals surface area contributed by atoms with Gasteiger partial charge in [-0.1, -0.05) is 0 Å². The number of anilines is 1. The van der Waals surface area contributed by atoms with E-state index in [2.05, 4.69) is 26.2 Å². The van der Waals surface area contributed by atoms with E-state index >= 15 is 0 Å². The van der Waals surface area contributed by atoms with Crippen molar-refractivity contribution in [2.24, 2.45) is 0 Å². The van der Waals surface area contributed by atoms with Crippen LogP contribution in [0.4, 0.5) is 5.82 Å². The summed E-state index contributed by atoms with van der Waals surface area (Å²) in [5.41, 5.74) is 0.615. The molecule has 1 fully saturated rings. The van der Waals surface area contributed by atoms with Gasteiger partial charge >= 0.3 is 0 Å². The van der Waals surface area contributed by atoms with E-state index in [1.54, 1.807) is 25.4 Å². The number of carbonyl (C=O) groups excluding carboxylic acids is 1. The summed E-state index contributed by atoms with van der Waals surface area (Å²) in [7, 11) is 1.62. The molecule has 0 aliphatic carbocycles. The van der Waals surface area contributed by atoms with Crippen LogP contribution in [0.2, 0.25) is 0 Å². The van der Waals surface area contributed by atoms with E-state index in [9.17, 15) is 4.79 Å². The summed E-state index contributed by atoms with van der Waals surface area (Å²) < 4.78 is 5.01. The number of carbonyl (C=O) groups is 1. The van der Waals surface area contributed by atoms with Crippen LogP contribution >= 0.6 is 0 Å². The van der Waals surface area contributed by atoms with Crippen molar-refractivity contribution in [3.63, 3.8) is 0 Å². The van der Waals surface area contributed by atoms with Gasteiger partial charge in [0.15, 0.2) is 0 Å². The van der Waals surface area contributed by atoms with Gasteiger partial charge in [0.25, 0.3) is 0 Å². The monoisotopic (exact) mass is 317 g/mol. The Kier molecular flexibility index (Phi) is 6.32. The number of nitrogens with one attached hydrogen (secondary N) is 1. The minimum absolute atomic E-state index is 0.0201. The van der Waals surface area contributed by atoms with Crippen molar-refractivity contribution >= 4 is 11.7 Å². The molecule has 0 aromatic carbocycles. The highest BCUT2D eigenvalue weighted by Gasteiger charge is 2.20. The standard InChI is InChI=1S/C16H23N5O2/c1-13(12-23-2)19-16(22)11-20-5-7-21(8-6-20)15-9-14(10-17)3-4-18-15/h3-4,9,13H,5-8,11-12H2,1-2H3,(H,19,22)/t13-/m1/s1. The van der Waals surface area contributed by atoms with Crippen molar-refractivity contribution in [3.8, 4) is 6.07 Å². The fraction of sp³-hybridized carbons (Fsp3) is 0.562. The Morgan fingerprint density at radius 1 is 1.48 bits per heavy atom. The number of ether oxygens (including phenoxy) is 1. The molecule has 1 aromatic heterocycles. The van der Waals surface area contributed by atoms with Crippen LogP contribution < -0.4 is 10.2 Å². The molecule has 2 heterocycles. The Labute approximate surface area is 136 Å². The predicted octanol–water partition coefficient (Wildman–Crippen LogP) is 0.226. The summed E-state index contributed by atoms with van der Waals surface area (Å²) >= 11 is 0. The van der Waals surface area contributed by atoms with E-state index in [0.29, 0.717) is 18.7 Å². The number of aromatic nitrogens is 1. The third-order valence-electron chi connectivity index (χ3n) is 3.76. The van der Waals surface area contributed by atoms with Crippen molar-refractivity contribution in [3.05, 3.63) is 23.9 Å². The molecule has 0 spiro atoms. The largest absolute Gasteiger partial charge is 0.383 e. The number of amides is 1. The average Bonchev–Trinajstić information content (AvgIpc) is 2.55. The van der Waals surface area contributed by atoms with E-state index in [0.717, 1.165) is 32.0 Å². The summed E-state index contributed by atoms with van der Waals surface area (Å²) in [6.07, 6.45) is 1.66. The van der Waals surface area contributed by atoms with Crippen molar-refractivity contribution < 1.29 is 9.53 Å². The van der Waals surface area contributed by atoms with E-state index in [-0.39, 0.29) is 11.9 Å². The average molecular weight is 317 g/mol. The predicted molar refractivity (Wildman–Crippen MR) is 87.1 cm³/mol. The molecule has 23 heavy (non-hydrogen) atoms. The van der Waals surface area contributed by atoms with E-state index < -0.39 is 0 Å². The van der Waals surface area contributed by atoms with Crippen LogP contribution in [0.5, 0.6) is 0 Å². The maximum Gasteiger partial charge on any atom is 0.234 e. The molecular formula is C16H23N5O2. The lowest BCUT2D eigenvalue weighted by molar-refractivity contribution is -0.123. The smallest absolute Gasteiger partial charge is 0.234 e. The molecule has 7 heteroatoms. The Hall–Kier alpha value is -2.17. The summed E-state index contributed by atoms with van der Waals surface area (Å²) in [6.45, 7) is 6.02. The topological polar surface area (TPSA) is 81.5 Å². The molecule has 1 N–H and O–H groups in total. The van der Waals surface area contributed by atoms with Gasteiger partial charge in [0.05, 0.1) is 24.8 Å². The van der Waals surface area contributed by atoms with Gasteiger partial charge in [0.1, 0.15) is 5.82 Å². The number of piperazine rings is 1. The molecule has 2 rings (SSSR count). The zero-order valence-electron chi connectivity index (χ0n) is 13.7. The van der Waals surface area contributed by atoms with Gasteiger partial charge in [-0.25, -0.2) is 4.98 Å². The van der Waals surface area contributed by atoms with Crippen LogP contribution in [-0.4, -0.2) is 68.3 Å². The molecule has 7 nitrogen and oxygen atoms in total. The molecule has 0 saturated carbocycles. The number of hydrogen-bond acceptors (Lipinski definition) is 6. The Bertz CT molecular complexity index is 564. The lowest BCUT2D eigenvalue weighted by atomic mass is 10.2. The van der Waals surface area contributed by atoms with Gasteiger partial charge in [-0.3, -0.25) is 9.69 Å². The van der Waals surface area contributed by atoms with Crippen LogP contribution in [0.3, 0.4) is 0 Å². The minimum atomic E-state index is 0.0201. The third kappa shape index (κ3) is 5.20. The van der Waals surface area contributed by atoms with Gasteiger partial charge in [0.2, 0.25) is 5.91 Å². The summed E-state index contributed by atoms with van der Waals surface area (Å²) in [6, 6.07) is 5.65. The number of nitrogens with zero attached hydrogens (tertiary/aromatic N) is 4. The Balaban J connectivity index is 1.79. The van der Waals surface area contributed by atoms with Crippen molar-refractivity contribution in [1.29, 1.82) is 5.26 Å². The lowest BCUT2D eigenvalue weighted by Gasteiger charge is -2.35. The fourth-order valence-electron chi connectivity index (χ4n) is 2.61.